The van der Waals surface area contributed by atoms with Crippen LogP contribution in [0.1, 0.15) is 47.0 Å². The molecular formula is C15H32N2O. The Bertz CT molecular complexity index is 217. The first-order chi connectivity index (χ1) is 8.63. The maximum absolute atomic E-state index is 5.76. The molecule has 2 unspecified atom stereocenters. The summed E-state index contributed by atoms with van der Waals surface area (Å²) in [5.74, 6) is 0. The molecule has 1 fully saturated rings. The summed E-state index contributed by atoms with van der Waals surface area (Å²) in [5, 5.41) is 3.50. The zero-order chi connectivity index (χ0) is 13.4. The van der Waals surface area contributed by atoms with Crippen molar-refractivity contribution in [1.29, 1.82) is 0 Å². The largest absolute Gasteiger partial charge is 0.377 e. The molecular weight excluding hydrogens is 224 g/mol. The monoisotopic (exact) mass is 256 g/mol. The first-order valence-corrected chi connectivity index (χ1v) is 7.68. The standard InChI is InChI=1S/C15H32N2O/c1-5-15(4,12-16-6-2)13-17(7-3)11-14-9-8-10-18-14/h14,16H,5-13H2,1-4H3. The van der Waals surface area contributed by atoms with Gasteiger partial charge in [-0.2, -0.15) is 0 Å². The van der Waals surface area contributed by atoms with Crippen LogP contribution < -0.4 is 5.32 Å². The minimum absolute atomic E-state index is 0.380. The second kappa shape index (κ2) is 8.13. The fraction of sp³-hybridized carbons (Fsp3) is 1.00. The fourth-order valence-electron chi connectivity index (χ4n) is 2.64. The Kier molecular flexibility index (Phi) is 7.20. The smallest absolute Gasteiger partial charge is 0.0702 e. The summed E-state index contributed by atoms with van der Waals surface area (Å²) < 4.78 is 5.76. The van der Waals surface area contributed by atoms with Gasteiger partial charge in [0.05, 0.1) is 6.10 Å². The van der Waals surface area contributed by atoms with Crippen molar-refractivity contribution < 1.29 is 4.74 Å². The quantitative estimate of drug-likeness (QED) is 0.686. The topological polar surface area (TPSA) is 24.5 Å². The first-order valence-electron chi connectivity index (χ1n) is 7.68. The Balaban J connectivity index is 2.42. The number of rotatable bonds is 9. The van der Waals surface area contributed by atoms with Crippen LogP contribution in [0.25, 0.3) is 0 Å². The molecule has 0 aromatic rings. The van der Waals surface area contributed by atoms with E-state index in [1.165, 1.54) is 25.8 Å². The van der Waals surface area contributed by atoms with Gasteiger partial charge in [0.2, 0.25) is 0 Å². The van der Waals surface area contributed by atoms with E-state index in [0.29, 0.717) is 11.5 Å². The van der Waals surface area contributed by atoms with Crippen LogP contribution in [-0.2, 0) is 4.74 Å². The van der Waals surface area contributed by atoms with E-state index in [1.807, 2.05) is 0 Å². The van der Waals surface area contributed by atoms with E-state index in [2.05, 4.69) is 37.9 Å². The number of hydrogen-bond acceptors (Lipinski definition) is 3. The van der Waals surface area contributed by atoms with Crippen molar-refractivity contribution in [3.8, 4) is 0 Å². The second-order valence-electron chi connectivity index (χ2n) is 5.91. The van der Waals surface area contributed by atoms with Crippen LogP contribution in [0.3, 0.4) is 0 Å². The first kappa shape index (κ1) is 15.9. The van der Waals surface area contributed by atoms with Gasteiger partial charge in [0.1, 0.15) is 0 Å². The third kappa shape index (κ3) is 5.25. The lowest BCUT2D eigenvalue weighted by molar-refractivity contribution is 0.0577. The fourth-order valence-corrected chi connectivity index (χ4v) is 2.64. The molecule has 108 valence electrons. The van der Waals surface area contributed by atoms with Gasteiger partial charge in [-0.3, -0.25) is 0 Å². The molecule has 0 amide bonds. The minimum Gasteiger partial charge on any atom is -0.377 e. The molecule has 1 rings (SSSR count). The predicted octanol–water partition coefficient (Wildman–Crippen LogP) is 2.51. The van der Waals surface area contributed by atoms with E-state index in [4.69, 9.17) is 4.74 Å². The Hall–Kier alpha value is -0.120. The van der Waals surface area contributed by atoms with E-state index in [9.17, 15) is 0 Å². The van der Waals surface area contributed by atoms with Crippen LogP contribution in [0.5, 0.6) is 0 Å². The van der Waals surface area contributed by atoms with Crippen molar-refractivity contribution in [3.05, 3.63) is 0 Å². The van der Waals surface area contributed by atoms with Gasteiger partial charge in [-0.1, -0.05) is 27.7 Å². The van der Waals surface area contributed by atoms with Gasteiger partial charge in [-0.25, -0.2) is 0 Å². The zero-order valence-electron chi connectivity index (χ0n) is 12.8. The van der Waals surface area contributed by atoms with Gasteiger partial charge in [0, 0.05) is 26.2 Å². The maximum Gasteiger partial charge on any atom is 0.0702 e. The Morgan fingerprint density at radius 3 is 2.61 bits per heavy atom. The average molecular weight is 256 g/mol. The number of ether oxygens (including phenoxy) is 1. The molecule has 18 heavy (non-hydrogen) atoms. The summed E-state index contributed by atoms with van der Waals surface area (Å²) in [5.41, 5.74) is 0.380. The van der Waals surface area contributed by atoms with Gasteiger partial charge in [-0.15, -0.1) is 0 Å². The number of nitrogens with zero attached hydrogens (tertiary/aromatic N) is 1. The minimum atomic E-state index is 0.380. The normalized spacial score (nSPS) is 23.5. The van der Waals surface area contributed by atoms with Crippen LogP contribution in [0.2, 0.25) is 0 Å². The van der Waals surface area contributed by atoms with Crippen molar-refractivity contribution in [2.45, 2.75) is 53.1 Å². The number of hydrogen-bond donors (Lipinski definition) is 1. The third-order valence-corrected chi connectivity index (χ3v) is 4.19. The van der Waals surface area contributed by atoms with Crippen LogP contribution in [0.4, 0.5) is 0 Å². The second-order valence-corrected chi connectivity index (χ2v) is 5.91. The van der Waals surface area contributed by atoms with Gasteiger partial charge >= 0.3 is 0 Å². The van der Waals surface area contributed by atoms with Crippen molar-refractivity contribution in [2.24, 2.45) is 5.41 Å². The van der Waals surface area contributed by atoms with Crippen LogP contribution in [-0.4, -0.2) is 50.3 Å². The lowest BCUT2D eigenvalue weighted by Gasteiger charge is -2.35. The molecule has 2 atom stereocenters. The van der Waals surface area contributed by atoms with Gasteiger partial charge in [-0.05, 0) is 37.8 Å². The molecule has 0 radical (unpaired) electrons. The van der Waals surface area contributed by atoms with E-state index in [1.54, 1.807) is 0 Å². The Labute approximate surface area is 113 Å². The zero-order valence-corrected chi connectivity index (χ0v) is 12.8. The highest BCUT2D eigenvalue weighted by molar-refractivity contribution is 4.81. The lowest BCUT2D eigenvalue weighted by atomic mass is 9.86. The van der Waals surface area contributed by atoms with E-state index in [0.717, 1.165) is 32.8 Å². The van der Waals surface area contributed by atoms with Gasteiger partial charge < -0.3 is 15.0 Å². The summed E-state index contributed by atoms with van der Waals surface area (Å²) in [6, 6.07) is 0. The summed E-state index contributed by atoms with van der Waals surface area (Å²) in [7, 11) is 0. The highest BCUT2D eigenvalue weighted by atomic mass is 16.5. The average Bonchev–Trinajstić information content (AvgIpc) is 2.88. The van der Waals surface area contributed by atoms with E-state index in [-0.39, 0.29) is 0 Å². The molecule has 0 aliphatic carbocycles. The van der Waals surface area contributed by atoms with Crippen molar-refractivity contribution in [3.63, 3.8) is 0 Å². The van der Waals surface area contributed by atoms with Crippen molar-refractivity contribution >= 4 is 0 Å². The molecule has 0 aromatic carbocycles. The molecule has 0 spiro atoms. The maximum atomic E-state index is 5.76. The molecule has 3 heteroatoms. The highest BCUT2D eigenvalue weighted by Gasteiger charge is 2.26. The summed E-state index contributed by atoms with van der Waals surface area (Å²) in [6.45, 7) is 15.7. The molecule has 3 nitrogen and oxygen atoms in total. The molecule has 0 bridgehead atoms. The summed E-state index contributed by atoms with van der Waals surface area (Å²) >= 11 is 0. The third-order valence-electron chi connectivity index (χ3n) is 4.19. The predicted molar refractivity (Wildman–Crippen MR) is 78.0 cm³/mol. The molecule has 1 N–H and O–H groups in total. The molecule has 1 saturated heterocycles. The van der Waals surface area contributed by atoms with E-state index < -0.39 is 0 Å². The van der Waals surface area contributed by atoms with Crippen molar-refractivity contribution in [1.82, 2.24) is 10.2 Å². The highest BCUT2D eigenvalue weighted by Crippen LogP contribution is 2.23. The Morgan fingerprint density at radius 2 is 2.11 bits per heavy atom. The van der Waals surface area contributed by atoms with Gasteiger partial charge in [0.25, 0.3) is 0 Å². The summed E-state index contributed by atoms with van der Waals surface area (Å²) in [4.78, 5) is 2.57. The lowest BCUT2D eigenvalue weighted by Crippen LogP contribution is -2.44. The van der Waals surface area contributed by atoms with Gasteiger partial charge in [0.15, 0.2) is 0 Å². The molecule has 0 aromatic heterocycles. The molecule has 1 aliphatic heterocycles. The molecule has 1 aliphatic rings. The van der Waals surface area contributed by atoms with Crippen molar-refractivity contribution in [2.75, 3.05) is 39.3 Å². The Morgan fingerprint density at radius 1 is 1.33 bits per heavy atom. The number of nitrogens with one attached hydrogen (secondary N) is 1. The number of likely N-dealkylation sites (N-methyl/N-ethyl adjacent to an activating group) is 1. The van der Waals surface area contributed by atoms with Crippen LogP contribution in [0, 0.1) is 5.41 Å². The van der Waals surface area contributed by atoms with Crippen LogP contribution >= 0.6 is 0 Å². The van der Waals surface area contributed by atoms with Crippen LogP contribution in [0.15, 0.2) is 0 Å². The molecule has 1 heterocycles. The SMILES string of the molecule is CCNCC(C)(CC)CN(CC)CC1CCCO1. The summed E-state index contributed by atoms with van der Waals surface area (Å²) in [6.07, 6.45) is 4.18. The van der Waals surface area contributed by atoms with E-state index >= 15 is 0 Å². The molecule has 0 saturated carbocycles.